The van der Waals surface area contributed by atoms with E-state index in [0.717, 1.165) is 0 Å². The number of ether oxygens (including phenoxy) is 2. The first kappa shape index (κ1) is 14.8. The zero-order valence-electron chi connectivity index (χ0n) is 9.93. The minimum atomic E-state index is -3.35. The van der Waals surface area contributed by atoms with Crippen LogP contribution in [0.5, 0.6) is 0 Å². The number of rotatable bonds is 8. The van der Waals surface area contributed by atoms with Crippen LogP contribution in [0, 0.1) is 0 Å². The highest BCUT2D eigenvalue weighted by atomic mass is 32.2. The lowest BCUT2D eigenvalue weighted by atomic mass is 10.5. The molecule has 0 radical (unpaired) electrons. The Labute approximate surface area is 102 Å². The molecule has 0 atom stereocenters. The van der Waals surface area contributed by atoms with Crippen molar-refractivity contribution < 1.29 is 17.9 Å². The standard InChI is InChI=1S/C9H21N3O4S/c10-2-7-15-6-1-3-11-17(13,14)12-4-8-16-9-5-12/h11H,1-10H2. The van der Waals surface area contributed by atoms with Crippen molar-refractivity contribution in [2.45, 2.75) is 6.42 Å². The molecule has 8 heteroatoms. The molecule has 1 aliphatic heterocycles. The number of nitrogens with two attached hydrogens (primary N) is 1. The summed E-state index contributed by atoms with van der Waals surface area (Å²) in [7, 11) is -3.35. The molecule has 1 fully saturated rings. The van der Waals surface area contributed by atoms with Crippen molar-refractivity contribution in [2.24, 2.45) is 5.73 Å². The summed E-state index contributed by atoms with van der Waals surface area (Å²) in [6.45, 7) is 3.64. The summed E-state index contributed by atoms with van der Waals surface area (Å²) < 4.78 is 37.7. The first-order valence-electron chi connectivity index (χ1n) is 5.77. The predicted octanol–water partition coefficient (Wildman–Crippen LogP) is -1.48. The second kappa shape index (κ2) is 7.96. The van der Waals surface area contributed by atoms with Crippen LogP contribution in [0.25, 0.3) is 0 Å². The molecule has 0 spiro atoms. The molecule has 17 heavy (non-hydrogen) atoms. The van der Waals surface area contributed by atoms with E-state index in [2.05, 4.69) is 4.72 Å². The lowest BCUT2D eigenvalue weighted by Crippen LogP contribution is -2.46. The number of nitrogens with one attached hydrogen (secondary N) is 1. The molecular weight excluding hydrogens is 246 g/mol. The smallest absolute Gasteiger partial charge is 0.279 e. The average Bonchev–Trinajstić information content (AvgIpc) is 2.35. The van der Waals surface area contributed by atoms with E-state index in [-0.39, 0.29) is 0 Å². The summed E-state index contributed by atoms with van der Waals surface area (Å²) in [5.41, 5.74) is 5.25. The van der Waals surface area contributed by atoms with Crippen molar-refractivity contribution in [1.29, 1.82) is 0 Å². The molecule has 102 valence electrons. The van der Waals surface area contributed by atoms with Gasteiger partial charge >= 0.3 is 0 Å². The molecule has 0 aromatic heterocycles. The molecule has 0 aromatic rings. The Hall–Kier alpha value is -0.250. The van der Waals surface area contributed by atoms with E-state index in [9.17, 15) is 8.42 Å². The van der Waals surface area contributed by atoms with Gasteiger partial charge < -0.3 is 15.2 Å². The fourth-order valence-corrected chi connectivity index (χ4v) is 2.65. The minimum absolute atomic E-state index is 0.379. The second-order valence-electron chi connectivity index (χ2n) is 3.67. The van der Waals surface area contributed by atoms with Gasteiger partial charge in [0.15, 0.2) is 0 Å². The summed E-state index contributed by atoms with van der Waals surface area (Å²) in [4.78, 5) is 0. The van der Waals surface area contributed by atoms with Crippen LogP contribution in [-0.2, 0) is 19.7 Å². The van der Waals surface area contributed by atoms with Gasteiger partial charge in [0.2, 0.25) is 0 Å². The molecule has 0 unspecified atom stereocenters. The zero-order chi connectivity index (χ0) is 12.6. The first-order chi connectivity index (χ1) is 8.17. The van der Waals surface area contributed by atoms with Crippen LogP contribution in [0.2, 0.25) is 0 Å². The molecule has 0 bridgehead atoms. The molecule has 0 amide bonds. The Balaban J connectivity index is 2.15. The maximum absolute atomic E-state index is 11.8. The third kappa shape index (κ3) is 5.75. The van der Waals surface area contributed by atoms with E-state index in [1.807, 2.05) is 0 Å². The van der Waals surface area contributed by atoms with Gasteiger partial charge in [0, 0.05) is 32.8 Å². The summed E-state index contributed by atoms with van der Waals surface area (Å²) in [5.74, 6) is 0. The van der Waals surface area contributed by atoms with Crippen molar-refractivity contribution in [3.05, 3.63) is 0 Å². The lowest BCUT2D eigenvalue weighted by molar-refractivity contribution is 0.0724. The fraction of sp³-hybridized carbons (Fsp3) is 1.00. The van der Waals surface area contributed by atoms with Crippen LogP contribution < -0.4 is 10.5 Å². The van der Waals surface area contributed by atoms with E-state index >= 15 is 0 Å². The van der Waals surface area contributed by atoms with Crippen molar-refractivity contribution in [1.82, 2.24) is 9.03 Å². The van der Waals surface area contributed by atoms with Gasteiger partial charge in [-0.05, 0) is 6.42 Å². The van der Waals surface area contributed by atoms with Gasteiger partial charge in [0.1, 0.15) is 0 Å². The van der Waals surface area contributed by atoms with Crippen LogP contribution >= 0.6 is 0 Å². The van der Waals surface area contributed by atoms with Gasteiger partial charge in [-0.3, -0.25) is 0 Å². The van der Waals surface area contributed by atoms with E-state index in [1.165, 1.54) is 4.31 Å². The first-order valence-corrected chi connectivity index (χ1v) is 7.21. The molecule has 0 aliphatic carbocycles. The van der Waals surface area contributed by atoms with Gasteiger partial charge in [-0.25, -0.2) is 4.72 Å². The monoisotopic (exact) mass is 267 g/mol. The molecule has 7 nitrogen and oxygen atoms in total. The third-order valence-corrected chi connectivity index (χ3v) is 3.94. The molecule has 0 saturated carbocycles. The molecule has 1 saturated heterocycles. The Bertz CT molecular complexity index is 291. The van der Waals surface area contributed by atoms with Crippen molar-refractivity contribution in [3.8, 4) is 0 Å². The molecular formula is C9H21N3O4S. The Morgan fingerprint density at radius 1 is 1.29 bits per heavy atom. The minimum Gasteiger partial charge on any atom is -0.380 e. The van der Waals surface area contributed by atoms with Crippen LogP contribution in [0.1, 0.15) is 6.42 Å². The molecule has 3 N–H and O–H groups in total. The van der Waals surface area contributed by atoms with Crippen molar-refractivity contribution in [3.63, 3.8) is 0 Å². The van der Waals surface area contributed by atoms with Gasteiger partial charge in [0.25, 0.3) is 10.2 Å². The number of nitrogens with zero attached hydrogens (tertiary/aromatic N) is 1. The number of hydrogen-bond donors (Lipinski definition) is 2. The second-order valence-corrected chi connectivity index (χ2v) is 5.42. The summed E-state index contributed by atoms with van der Waals surface area (Å²) in [6.07, 6.45) is 0.642. The molecule has 1 heterocycles. The Morgan fingerprint density at radius 2 is 2.00 bits per heavy atom. The normalized spacial score (nSPS) is 18.4. The average molecular weight is 267 g/mol. The number of hydrogen-bond acceptors (Lipinski definition) is 5. The highest BCUT2D eigenvalue weighted by molar-refractivity contribution is 7.87. The fourth-order valence-electron chi connectivity index (χ4n) is 1.44. The van der Waals surface area contributed by atoms with Gasteiger partial charge in [-0.2, -0.15) is 12.7 Å². The number of morpholine rings is 1. The van der Waals surface area contributed by atoms with Crippen molar-refractivity contribution >= 4 is 10.2 Å². The third-order valence-electron chi connectivity index (χ3n) is 2.32. The van der Waals surface area contributed by atoms with Crippen LogP contribution in [0.4, 0.5) is 0 Å². The SMILES string of the molecule is NCCOCCCNS(=O)(=O)N1CCOCC1. The topological polar surface area (TPSA) is 93.9 Å². The highest BCUT2D eigenvalue weighted by Gasteiger charge is 2.23. The van der Waals surface area contributed by atoms with E-state index in [0.29, 0.717) is 59.0 Å². The Kier molecular flexibility index (Phi) is 6.93. The van der Waals surface area contributed by atoms with E-state index < -0.39 is 10.2 Å². The lowest BCUT2D eigenvalue weighted by Gasteiger charge is -2.26. The maximum Gasteiger partial charge on any atom is 0.279 e. The van der Waals surface area contributed by atoms with E-state index in [1.54, 1.807) is 0 Å². The highest BCUT2D eigenvalue weighted by Crippen LogP contribution is 2.02. The quantitative estimate of drug-likeness (QED) is 0.523. The zero-order valence-corrected chi connectivity index (χ0v) is 10.7. The largest absolute Gasteiger partial charge is 0.380 e. The summed E-state index contributed by atoms with van der Waals surface area (Å²) in [6, 6.07) is 0. The molecule has 1 aliphatic rings. The molecule has 1 rings (SSSR count). The van der Waals surface area contributed by atoms with Crippen LogP contribution in [0.3, 0.4) is 0 Å². The Morgan fingerprint density at radius 3 is 2.65 bits per heavy atom. The maximum atomic E-state index is 11.8. The van der Waals surface area contributed by atoms with Crippen molar-refractivity contribution in [2.75, 3.05) is 52.6 Å². The van der Waals surface area contributed by atoms with Crippen LogP contribution in [0.15, 0.2) is 0 Å². The van der Waals surface area contributed by atoms with Gasteiger partial charge in [-0.15, -0.1) is 0 Å². The summed E-state index contributed by atoms with van der Waals surface area (Å²) >= 11 is 0. The summed E-state index contributed by atoms with van der Waals surface area (Å²) in [5, 5.41) is 0. The van der Waals surface area contributed by atoms with Gasteiger partial charge in [0.05, 0.1) is 19.8 Å². The molecule has 0 aromatic carbocycles. The van der Waals surface area contributed by atoms with E-state index in [4.69, 9.17) is 15.2 Å². The predicted molar refractivity (Wildman–Crippen MR) is 63.8 cm³/mol. The van der Waals surface area contributed by atoms with Gasteiger partial charge in [-0.1, -0.05) is 0 Å². The van der Waals surface area contributed by atoms with Crippen LogP contribution in [-0.4, -0.2) is 65.3 Å².